The van der Waals surface area contributed by atoms with Crippen LogP contribution >= 0.6 is 31.9 Å². The maximum Gasteiger partial charge on any atom is 0.0541 e. The number of aromatic nitrogens is 1. The smallest absolute Gasteiger partial charge is 0.0541 e. The monoisotopic (exact) mass is 834 g/mol. The number of hydrogen-bond acceptors (Lipinski definition) is 1. The third-order valence-corrected chi connectivity index (χ3v) is 16.2. The first kappa shape index (κ1) is 35.6. The molecule has 2 nitrogen and oxygen atoms in total. The molecule has 0 fully saturated rings. The van der Waals surface area contributed by atoms with Crippen molar-refractivity contribution in [1.82, 2.24) is 4.57 Å². The van der Waals surface area contributed by atoms with Crippen LogP contribution in [-0.4, -0.2) is 4.57 Å². The van der Waals surface area contributed by atoms with Crippen LogP contribution in [0.15, 0.2) is 136 Å². The first-order chi connectivity index (χ1) is 25.5. The SMILES string of the molecule is CC1(C)c2cc(-c3cc(N(c4ccc(Br)cc4)c4ccc(Br)cc4)cc(-n4c5ccccc5c5ccccc54)c3)cc3c2C(C)(C1(C)C)C(C)(C)C3(C)C. The molecule has 0 unspecified atom stereocenters. The van der Waals surface area contributed by atoms with Gasteiger partial charge in [0.05, 0.1) is 11.0 Å². The van der Waals surface area contributed by atoms with Crippen molar-refractivity contribution in [2.24, 2.45) is 10.8 Å². The van der Waals surface area contributed by atoms with Gasteiger partial charge in [0.1, 0.15) is 0 Å². The highest BCUT2D eigenvalue weighted by Crippen LogP contribution is 2.76. The molecule has 7 aromatic rings. The highest BCUT2D eigenvalue weighted by Gasteiger charge is 2.72. The lowest BCUT2D eigenvalue weighted by Crippen LogP contribution is -2.54. The lowest BCUT2D eigenvalue weighted by molar-refractivity contribution is -0.0105. The van der Waals surface area contributed by atoms with E-state index >= 15 is 0 Å². The number of benzene rings is 6. The Kier molecular flexibility index (Phi) is 7.71. The fraction of sp³-hybridized carbons (Fsp3) is 0.280. The van der Waals surface area contributed by atoms with Crippen LogP contribution in [0.5, 0.6) is 0 Å². The Labute approximate surface area is 337 Å². The molecule has 0 bridgehead atoms. The predicted molar refractivity (Wildman–Crippen MR) is 237 cm³/mol. The largest absolute Gasteiger partial charge is 0.310 e. The Bertz CT molecular complexity index is 2490. The highest BCUT2D eigenvalue weighted by molar-refractivity contribution is 9.10. The zero-order valence-corrected chi connectivity index (χ0v) is 35.9. The topological polar surface area (TPSA) is 8.17 Å². The second-order valence-corrected chi connectivity index (χ2v) is 19.8. The average molecular weight is 837 g/mol. The molecule has 0 saturated carbocycles. The van der Waals surface area contributed by atoms with Gasteiger partial charge in [-0.25, -0.2) is 0 Å². The van der Waals surface area contributed by atoms with E-state index in [1.54, 1.807) is 5.56 Å². The van der Waals surface area contributed by atoms with Gasteiger partial charge in [-0.05, 0) is 128 Å². The van der Waals surface area contributed by atoms with Crippen molar-refractivity contribution in [2.45, 2.75) is 78.6 Å². The molecule has 272 valence electrons. The van der Waals surface area contributed by atoms with Gasteiger partial charge in [-0.1, -0.05) is 143 Å². The van der Waals surface area contributed by atoms with Gasteiger partial charge in [-0.2, -0.15) is 0 Å². The third-order valence-electron chi connectivity index (χ3n) is 15.1. The molecule has 0 spiro atoms. The van der Waals surface area contributed by atoms with Crippen LogP contribution in [0.3, 0.4) is 0 Å². The van der Waals surface area contributed by atoms with Gasteiger partial charge in [0.25, 0.3) is 0 Å². The van der Waals surface area contributed by atoms with Gasteiger partial charge in [0.15, 0.2) is 0 Å². The van der Waals surface area contributed by atoms with Crippen molar-refractivity contribution in [2.75, 3.05) is 4.90 Å². The summed E-state index contributed by atoms with van der Waals surface area (Å²) >= 11 is 7.39. The minimum absolute atomic E-state index is 0.0200. The number of anilines is 3. The fourth-order valence-corrected chi connectivity index (χ4v) is 11.0. The molecule has 2 aliphatic rings. The molecule has 6 aromatic carbocycles. The fourth-order valence-electron chi connectivity index (χ4n) is 10.5. The van der Waals surface area contributed by atoms with E-state index in [-0.39, 0.29) is 27.1 Å². The van der Waals surface area contributed by atoms with Gasteiger partial charge in [0, 0.05) is 47.9 Å². The van der Waals surface area contributed by atoms with E-state index in [1.165, 1.54) is 44.1 Å². The first-order valence-electron chi connectivity index (χ1n) is 19.2. The minimum atomic E-state index is -0.0240. The summed E-state index contributed by atoms with van der Waals surface area (Å²) in [5.74, 6) is 0. The lowest BCUT2D eigenvalue weighted by atomic mass is 9.47. The summed E-state index contributed by atoms with van der Waals surface area (Å²) in [6.45, 7) is 22.6. The number of rotatable bonds is 5. The predicted octanol–water partition coefficient (Wildman–Crippen LogP) is 15.3. The molecule has 0 radical (unpaired) electrons. The molecule has 1 heterocycles. The third kappa shape index (κ3) is 4.56. The van der Waals surface area contributed by atoms with Gasteiger partial charge in [-0.3, -0.25) is 0 Å². The van der Waals surface area contributed by atoms with E-state index in [0.717, 1.165) is 31.7 Å². The number of nitrogens with zero attached hydrogens (tertiary/aromatic N) is 2. The van der Waals surface area contributed by atoms with Crippen molar-refractivity contribution in [3.63, 3.8) is 0 Å². The molecule has 54 heavy (non-hydrogen) atoms. The molecule has 2 aliphatic carbocycles. The van der Waals surface area contributed by atoms with E-state index in [0.29, 0.717) is 0 Å². The zero-order chi connectivity index (χ0) is 38.2. The second kappa shape index (κ2) is 11.7. The van der Waals surface area contributed by atoms with Crippen molar-refractivity contribution in [1.29, 1.82) is 0 Å². The standard InChI is InChI=1S/C50H48Br2N2/c1-46(2)41-28-32(29-42-45(41)50(9,48(46,5)6)49(7,8)47(42,3)4)31-26-37(53(35-22-18-33(51)19-23-35)36-24-20-34(52)21-25-36)30-38(27-31)54-43-16-12-10-14-39(43)40-15-11-13-17-44(40)54/h10-30H,1-9H3. The molecule has 9 rings (SSSR count). The quantitative estimate of drug-likeness (QED) is 0.168. The summed E-state index contributed by atoms with van der Waals surface area (Å²) in [4.78, 5) is 2.39. The molecule has 0 atom stereocenters. The van der Waals surface area contributed by atoms with Gasteiger partial charge < -0.3 is 9.47 Å². The van der Waals surface area contributed by atoms with Crippen molar-refractivity contribution < 1.29 is 0 Å². The number of halogens is 2. The molecule has 0 amide bonds. The second-order valence-electron chi connectivity index (χ2n) is 18.0. The zero-order valence-electron chi connectivity index (χ0n) is 32.8. The number of hydrogen-bond donors (Lipinski definition) is 0. The van der Waals surface area contributed by atoms with Crippen molar-refractivity contribution >= 4 is 70.7 Å². The van der Waals surface area contributed by atoms with Crippen molar-refractivity contribution in [3.05, 3.63) is 153 Å². The van der Waals surface area contributed by atoms with Crippen LogP contribution in [-0.2, 0) is 16.2 Å². The normalized spacial score (nSPS) is 18.3. The molecular formula is C50H48Br2N2. The first-order valence-corrected chi connectivity index (χ1v) is 20.7. The van der Waals surface area contributed by atoms with Crippen molar-refractivity contribution in [3.8, 4) is 16.8 Å². The van der Waals surface area contributed by atoms with E-state index in [4.69, 9.17) is 0 Å². The maximum atomic E-state index is 3.69. The molecular weight excluding hydrogens is 788 g/mol. The Morgan fingerprint density at radius 2 is 0.889 bits per heavy atom. The Morgan fingerprint density at radius 3 is 1.35 bits per heavy atom. The Morgan fingerprint density at radius 1 is 0.463 bits per heavy atom. The lowest BCUT2D eigenvalue weighted by Gasteiger charge is -2.56. The average Bonchev–Trinajstić information content (AvgIpc) is 3.59. The van der Waals surface area contributed by atoms with E-state index in [2.05, 4.69) is 231 Å². The van der Waals surface area contributed by atoms with Gasteiger partial charge in [0.2, 0.25) is 0 Å². The molecule has 0 aliphatic heterocycles. The Balaban J connectivity index is 1.38. The summed E-state index contributed by atoms with van der Waals surface area (Å²) in [6, 6.07) is 47.3. The minimum Gasteiger partial charge on any atom is -0.310 e. The number of para-hydroxylation sites is 2. The van der Waals surface area contributed by atoms with Gasteiger partial charge in [-0.15, -0.1) is 0 Å². The van der Waals surface area contributed by atoms with Crippen LogP contribution in [0.2, 0.25) is 0 Å². The molecule has 1 aromatic heterocycles. The summed E-state index contributed by atoms with van der Waals surface area (Å²) in [5, 5.41) is 2.52. The van der Waals surface area contributed by atoms with E-state index < -0.39 is 0 Å². The van der Waals surface area contributed by atoms with E-state index in [1.807, 2.05) is 0 Å². The van der Waals surface area contributed by atoms with Crippen LogP contribution in [0, 0.1) is 10.8 Å². The Hall–Kier alpha value is -4.12. The molecule has 0 N–H and O–H groups in total. The summed E-state index contributed by atoms with van der Waals surface area (Å²) < 4.78 is 4.57. The number of fused-ring (bicyclic) bond motifs is 3. The van der Waals surface area contributed by atoms with Crippen LogP contribution < -0.4 is 4.90 Å². The summed E-state index contributed by atoms with van der Waals surface area (Å²) in [7, 11) is 0. The van der Waals surface area contributed by atoms with Crippen LogP contribution in [0.4, 0.5) is 17.1 Å². The molecule has 0 saturated heterocycles. The van der Waals surface area contributed by atoms with Crippen LogP contribution in [0.1, 0.15) is 79.0 Å². The molecule has 4 heteroatoms. The van der Waals surface area contributed by atoms with E-state index in [9.17, 15) is 0 Å². The van der Waals surface area contributed by atoms with Gasteiger partial charge >= 0.3 is 0 Å². The maximum absolute atomic E-state index is 3.69. The highest BCUT2D eigenvalue weighted by atomic mass is 79.9. The summed E-state index contributed by atoms with van der Waals surface area (Å²) in [5.41, 5.74) is 14.0. The van der Waals surface area contributed by atoms with Crippen LogP contribution in [0.25, 0.3) is 38.6 Å². The summed E-state index contributed by atoms with van der Waals surface area (Å²) in [6.07, 6.45) is 0.